The summed E-state index contributed by atoms with van der Waals surface area (Å²) in [5.74, 6) is 2.31. The highest BCUT2D eigenvalue weighted by Gasteiger charge is 2.32. The maximum atomic E-state index is 12.8. The number of rotatable bonds is 4. The number of carbonyl (C=O) groups excluding carboxylic acids is 1. The van der Waals surface area contributed by atoms with Crippen LogP contribution < -0.4 is 5.32 Å². The van der Waals surface area contributed by atoms with Crippen LogP contribution in [0.15, 0.2) is 24.3 Å². The highest BCUT2D eigenvalue weighted by Crippen LogP contribution is 2.31. The van der Waals surface area contributed by atoms with E-state index in [-0.39, 0.29) is 11.9 Å². The van der Waals surface area contributed by atoms with Crippen LogP contribution in [-0.2, 0) is 4.79 Å². The zero-order chi connectivity index (χ0) is 18.7. The molecule has 2 N–H and O–H groups in total. The Morgan fingerprint density at radius 1 is 1.12 bits per heavy atom. The van der Waals surface area contributed by atoms with Crippen molar-refractivity contribution in [3.8, 4) is 5.75 Å². The van der Waals surface area contributed by atoms with Gasteiger partial charge in [-0.05, 0) is 74.7 Å². The summed E-state index contributed by atoms with van der Waals surface area (Å²) in [6.07, 6.45) is 5.77. The fourth-order valence-electron chi connectivity index (χ4n) is 4.62. The van der Waals surface area contributed by atoms with E-state index in [1.54, 1.807) is 12.1 Å². The highest BCUT2D eigenvalue weighted by atomic mass is 16.3. The molecule has 4 atom stereocenters. The molecule has 2 fully saturated rings. The monoisotopic (exact) mass is 358 g/mol. The topological polar surface area (TPSA) is 52.6 Å². The van der Waals surface area contributed by atoms with Gasteiger partial charge in [-0.25, -0.2) is 0 Å². The summed E-state index contributed by atoms with van der Waals surface area (Å²) in [5, 5.41) is 12.8. The smallest absolute Gasteiger partial charge is 0.237 e. The predicted molar refractivity (Wildman–Crippen MR) is 105 cm³/mol. The van der Waals surface area contributed by atoms with Gasteiger partial charge in [-0.1, -0.05) is 38.8 Å². The number of nitrogens with one attached hydrogen (secondary N) is 1. The Kier molecular flexibility index (Phi) is 6.23. The largest absolute Gasteiger partial charge is 0.508 e. The van der Waals surface area contributed by atoms with Crippen molar-refractivity contribution < 1.29 is 9.90 Å². The summed E-state index contributed by atoms with van der Waals surface area (Å²) in [6, 6.07) is 7.87. The van der Waals surface area contributed by atoms with Gasteiger partial charge < -0.3 is 10.4 Å². The molecule has 1 heterocycles. The van der Waals surface area contributed by atoms with Crippen molar-refractivity contribution >= 4 is 5.91 Å². The normalized spacial score (nSPS) is 29.3. The maximum Gasteiger partial charge on any atom is 0.237 e. The second-order valence-electron chi connectivity index (χ2n) is 8.46. The summed E-state index contributed by atoms with van der Waals surface area (Å²) in [4.78, 5) is 15.1. The van der Waals surface area contributed by atoms with Crippen LogP contribution in [-0.4, -0.2) is 41.1 Å². The second-order valence-corrected chi connectivity index (χ2v) is 8.46. The SMILES string of the molecule is C[C@@H]1[C@H](C)CCC[C@@H]1NC(=O)[C@H](C)N1CCC(c2ccc(O)cc2)CC1. The van der Waals surface area contributed by atoms with Crippen molar-refractivity contribution in [2.75, 3.05) is 13.1 Å². The minimum Gasteiger partial charge on any atom is -0.508 e. The molecule has 4 heteroatoms. The minimum absolute atomic E-state index is 0.0554. The number of likely N-dealkylation sites (tertiary alicyclic amines) is 1. The molecule has 0 aromatic heterocycles. The zero-order valence-electron chi connectivity index (χ0n) is 16.4. The van der Waals surface area contributed by atoms with E-state index in [1.165, 1.54) is 18.4 Å². The van der Waals surface area contributed by atoms with Gasteiger partial charge in [0.1, 0.15) is 5.75 Å². The molecular formula is C22H34N2O2. The lowest BCUT2D eigenvalue weighted by atomic mass is 9.78. The van der Waals surface area contributed by atoms with E-state index >= 15 is 0 Å². The third-order valence-corrected chi connectivity index (χ3v) is 6.86. The van der Waals surface area contributed by atoms with Gasteiger partial charge in [0.25, 0.3) is 0 Å². The van der Waals surface area contributed by atoms with Gasteiger partial charge in [-0.15, -0.1) is 0 Å². The van der Waals surface area contributed by atoms with Gasteiger partial charge in [-0.2, -0.15) is 0 Å². The molecule has 4 nitrogen and oxygen atoms in total. The molecule has 0 radical (unpaired) electrons. The molecule has 1 aliphatic carbocycles. The average molecular weight is 359 g/mol. The molecule has 1 aliphatic heterocycles. The van der Waals surface area contributed by atoms with E-state index in [2.05, 4.69) is 24.1 Å². The van der Waals surface area contributed by atoms with Crippen molar-refractivity contribution in [3.63, 3.8) is 0 Å². The Hall–Kier alpha value is -1.55. The number of phenols is 1. The molecule has 2 aliphatic rings. The first-order chi connectivity index (χ1) is 12.5. The quantitative estimate of drug-likeness (QED) is 0.858. The Balaban J connectivity index is 1.50. The predicted octanol–water partition coefficient (Wildman–Crippen LogP) is 3.90. The summed E-state index contributed by atoms with van der Waals surface area (Å²) >= 11 is 0. The molecule has 3 rings (SSSR count). The molecule has 1 amide bonds. The van der Waals surface area contributed by atoms with E-state index in [9.17, 15) is 9.90 Å². The van der Waals surface area contributed by atoms with Gasteiger partial charge in [0.05, 0.1) is 6.04 Å². The first-order valence-corrected chi connectivity index (χ1v) is 10.3. The molecule has 1 aromatic rings. The number of aromatic hydroxyl groups is 1. The van der Waals surface area contributed by atoms with E-state index < -0.39 is 0 Å². The van der Waals surface area contributed by atoms with Crippen LogP contribution in [0.2, 0.25) is 0 Å². The Morgan fingerprint density at radius 2 is 1.77 bits per heavy atom. The first kappa shape index (κ1) is 19.2. The Labute approximate surface area is 158 Å². The van der Waals surface area contributed by atoms with Crippen LogP contribution in [0.25, 0.3) is 0 Å². The van der Waals surface area contributed by atoms with E-state index in [0.717, 1.165) is 32.4 Å². The van der Waals surface area contributed by atoms with Crippen LogP contribution in [0.1, 0.15) is 64.4 Å². The number of amides is 1. The lowest BCUT2D eigenvalue weighted by Gasteiger charge is -2.38. The molecule has 1 aromatic carbocycles. The van der Waals surface area contributed by atoms with Gasteiger partial charge in [0.2, 0.25) is 5.91 Å². The van der Waals surface area contributed by atoms with E-state index in [1.807, 2.05) is 19.1 Å². The van der Waals surface area contributed by atoms with Gasteiger partial charge in [0.15, 0.2) is 0 Å². The second kappa shape index (κ2) is 8.43. The van der Waals surface area contributed by atoms with Crippen molar-refractivity contribution in [1.82, 2.24) is 10.2 Å². The molecule has 26 heavy (non-hydrogen) atoms. The van der Waals surface area contributed by atoms with Gasteiger partial charge in [-0.3, -0.25) is 9.69 Å². The molecular weight excluding hydrogens is 324 g/mol. The standard InChI is InChI=1S/C22H34N2O2/c1-15-5-4-6-21(16(15)2)23-22(26)17(3)24-13-11-19(12-14-24)18-7-9-20(25)10-8-18/h7-10,15-17,19,21,25H,4-6,11-14H2,1-3H3,(H,23,26)/t15-,16-,17+,21+/m1/s1. The number of piperidine rings is 1. The lowest BCUT2D eigenvalue weighted by Crippen LogP contribution is -2.52. The average Bonchev–Trinajstić information content (AvgIpc) is 2.65. The molecule has 1 saturated heterocycles. The van der Waals surface area contributed by atoms with Gasteiger partial charge in [0, 0.05) is 6.04 Å². The summed E-state index contributed by atoms with van der Waals surface area (Å²) < 4.78 is 0. The fraction of sp³-hybridized carbons (Fsp3) is 0.682. The van der Waals surface area contributed by atoms with Crippen molar-refractivity contribution in [3.05, 3.63) is 29.8 Å². The van der Waals surface area contributed by atoms with Crippen LogP contribution in [0.4, 0.5) is 0 Å². The highest BCUT2D eigenvalue weighted by molar-refractivity contribution is 5.81. The maximum absolute atomic E-state index is 12.8. The number of benzene rings is 1. The van der Waals surface area contributed by atoms with Crippen LogP contribution in [0.3, 0.4) is 0 Å². The minimum atomic E-state index is -0.0554. The molecule has 144 valence electrons. The van der Waals surface area contributed by atoms with E-state index in [0.29, 0.717) is 29.5 Å². The summed E-state index contributed by atoms with van der Waals surface area (Å²) in [5.41, 5.74) is 1.30. The molecule has 0 spiro atoms. The number of hydrogen-bond acceptors (Lipinski definition) is 3. The van der Waals surface area contributed by atoms with Crippen molar-refractivity contribution in [2.24, 2.45) is 11.8 Å². The third-order valence-electron chi connectivity index (χ3n) is 6.86. The molecule has 0 unspecified atom stereocenters. The summed E-state index contributed by atoms with van der Waals surface area (Å²) in [6.45, 7) is 8.55. The van der Waals surface area contributed by atoms with Crippen molar-refractivity contribution in [1.29, 1.82) is 0 Å². The number of phenolic OH excluding ortho intramolecular Hbond substituents is 1. The Morgan fingerprint density at radius 3 is 2.42 bits per heavy atom. The Bertz CT molecular complexity index is 593. The number of hydrogen-bond donors (Lipinski definition) is 2. The van der Waals surface area contributed by atoms with Gasteiger partial charge >= 0.3 is 0 Å². The number of nitrogens with zero attached hydrogens (tertiary/aromatic N) is 1. The lowest BCUT2D eigenvalue weighted by molar-refractivity contribution is -0.127. The molecule has 1 saturated carbocycles. The third kappa shape index (κ3) is 4.40. The first-order valence-electron chi connectivity index (χ1n) is 10.3. The van der Waals surface area contributed by atoms with Crippen LogP contribution >= 0.6 is 0 Å². The van der Waals surface area contributed by atoms with Crippen molar-refractivity contribution in [2.45, 2.75) is 70.9 Å². The van der Waals surface area contributed by atoms with E-state index in [4.69, 9.17) is 0 Å². The zero-order valence-corrected chi connectivity index (χ0v) is 16.4. The molecule has 0 bridgehead atoms. The van der Waals surface area contributed by atoms with Crippen LogP contribution in [0, 0.1) is 11.8 Å². The van der Waals surface area contributed by atoms with Crippen LogP contribution in [0.5, 0.6) is 5.75 Å². The summed E-state index contributed by atoms with van der Waals surface area (Å²) in [7, 11) is 0. The number of carbonyl (C=O) groups is 1. The fourth-order valence-corrected chi connectivity index (χ4v) is 4.62.